The zero-order valence-corrected chi connectivity index (χ0v) is 11.2. The summed E-state index contributed by atoms with van der Waals surface area (Å²) in [4.78, 5) is 13.5. The third-order valence-electron chi connectivity index (χ3n) is 2.75. The molecule has 5 heteroatoms. The van der Waals surface area contributed by atoms with Crippen molar-refractivity contribution in [2.24, 2.45) is 0 Å². The number of benzene rings is 1. The Hall–Kier alpha value is -2.01. The predicted octanol–water partition coefficient (Wildman–Crippen LogP) is 3.14. The van der Waals surface area contributed by atoms with Gasteiger partial charge in [-0.2, -0.15) is 0 Å². The van der Waals surface area contributed by atoms with Crippen LogP contribution >= 0.6 is 11.3 Å². The molecule has 0 amide bonds. The molecule has 98 valence electrons. The number of rotatable bonds is 3. The van der Waals surface area contributed by atoms with E-state index in [1.54, 1.807) is 6.07 Å². The maximum absolute atomic E-state index is 11.8. The lowest BCUT2D eigenvalue weighted by molar-refractivity contribution is 0.0478. The Morgan fingerprint density at radius 3 is 2.89 bits per heavy atom. The highest BCUT2D eigenvalue weighted by Crippen LogP contribution is 2.32. The lowest BCUT2D eigenvalue weighted by Gasteiger charge is -2.04. The number of carbonyl (C=O) groups is 1. The van der Waals surface area contributed by atoms with Crippen LogP contribution in [0.4, 0.5) is 0 Å². The largest absolute Gasteiger partial charge is 0.457 e. The standard InChI is InChI=1S/C14H12O4S/c1-9-2-5-13(19-9)14(15)16-7-10-3-4-11-12(6-10)18-8-17-11/h2-6H,7-8H2,1H3. The van der Waals surface area contributed by atoms with Crippen molar-refractivity contribution >= 4 is 17.3 Å². The van der Waals surface area contributed by atoms with Crippen molar-refractivity contribution in [1.29, 1.82) is 0 Å². The summed E-state index contributed by atoms with van der Waals surface area (Å²) in [5.41, 5.74) is 0.880. The Labute approximate surface area is 114 Å². The van der Waals surface area contributed by atoms with Gasteiger partial charge in [0.2, 0.25) is 6.79 Å². The van der Waals surface area contributed by atoms with Crippen molar-refractivity contribution in [3.8, 4) is 11.5 Å². The molecular formula is C14H12O4S. The molecule has 1 aromatic carbocycles. The number of hydrogen-bond donors (Lipinski definition) is 0. The fourth-order valence-corrected chi connectivity index (χ4v) is 2.56. The van der Waals surface area contributed by atoms with Gasteiger partial charge in [0.15, 0.2) is 11.5 Å². The second-order valence-corrected chi connectivity index (χ2v) is 5.46. The number of hydrogen-bond acceptors (Lipinski definition) is 5. The Morgan fingerprint density at radius 1 is 1.26 bits per heavy atom. The van der Waals surface area contributed by atoms with Crippen molar-refractivity contribution < 1.29 is 19.0 Å². The van der Waals surface area contributed by atoms with Gasteiger partial charge in [0, 0.05) is 4.88 Å². The van der Waals surface area contributed by atoms with E-state index < -0.39 is 0 Å². The molecule has 0 aliphatic carbocycles. The van der Waals surface area contributed by atoms with Crippen molar-refractivity contribution in [2.45, 2.75) is 13.5 Å². The van der Waals surface area contributed by atoms with Gasteiger partial charge >= 0.3 is 5.97 Å². The minimum atomic E-state index is -0.296. The normalized spacial score (nSPS) is 12.5. The molecule has 0 fully saturated rings. The van der Waals surface area contributed by atoms with Crippen LogP contribution < -0.4 is 9.47 Å². The van der Waals surface area contributed by atoms with Crippen molar-refractivity contribution in [3.63, 3.8) is 0 Å². The molecule has 2 heterocycles. The zero-order valence-electron chi connectivity index (χ0n) is 10.3. The van der Waals surface area contributed by atoms with Crippen LogP contribution in [0.2, 0.25) is 0 Å². The summed E-state index contributed by atoms with van der Waals surface area (Å²) in [5, 5.41) is 0. The van der Waals surface area contributed by atoms with Crippen LogP contribution in [0.5, 0.6) is 11.5 Å². The molecule has 0 unspecified atom stereocenters. The third-order valence-corrected chi connectivity index (χ3v) is 3.73. The number of ether oxygens (including phenoxy) is 3. The van der Waals surface area contributed by atoms with Crippen LogP contribution in [0.1, 0.15) is 20.1 Å². The number of carbonyl (C=O) groups excluding carboxylic acids is 1. The first-order valence-electron chi connectivity index (χ1n) is 5.84. The molecule has 3 rings (SSSR count). The lowest BCUT2D eigenvalue weighted by Crippen LogP contribution is -2.03. The van der Waals surface area contributed by atoms with E-state index >= 15 is 0 Å². The van der Waals surface area contributed by atoms with Gasteiger partial charge in [-0.1, -0.05) is 6.07 Å². The molecule has 19 heavy (non-hydrogen) atoms. The molecule has 1 aliphatic rings. The smallest absolute Gasteiger partial charge is 0.348 e. The minimum absolute atomic E-state index is 0.229. The fraction of sp³-hybridized carbons (Fsp3) is 0.214. The average molecular weight is 276 g/mol. The molecule has 0 spiro atoms. The Balaban J connectivity index is 1.64. The second-order valence-electron chi connectivity index (χ2n) is 4.17. The van der Waals surface area contributed by atoms with Crippen LogP contribution in [-0.2, 0) is 11.3 Å². The molecule has 0 saturated heterocycles. The van der Waals surface area contributed by atoms with Crippen LogP contribution in [0.15, 0.2) is 30.3 Å². The highest BCUT2D eigenvalue weighted by molar-refractivity contribution is 7.13. The molecular weight excluding hydrogens is 264 g/mol. The van der Waals surface area contributed by atoms with Gasteiger partial charge < -0.3 is 14.2 Å². The van der Waals surface area contributed by atoms with Crippen LogP contribution in [-0.4, -0.2) is 12.8 Å². The molecule has 0 N–H and O–H groups in total. The monoisotopic (exact) mass is 276 g/mol. The van der Waals surface area contributed by atoms with Crippen molar-refractivity contribution in [3.05, 3.63) is 45.6 Å². The number of aryl methyl sites for hydroxylation is 1. The van der Waals surface area contributed by atoms with Crippen LogP contribution in [0.3, 0.4) is 0 Å². The highest BCUT2D eigenvalue weighted by atomic mass is 32.1. The summed E-state index contributed by atoms with van der Waals surface area (Å²) in [7, 11) is 0. The number of esters is 1. The summed E-state index contributed by atoms with van der Waals surface area (Å²) < 4.78 is 15.8. The van der Waals surface area contributed by atoms with Gasteiger partial charge in [0.25, 0.3) is 0 Å². The summed E-state index contributed by atoms with van der Waals surface area (Å²) >= 11 is 1.43. The lowest BCUT2D eigenvalue weighted by atomic mass is 10.2. The topological polar surface area (TPSA) is 44.8 Å². The molecule has 0 atom stereocenters. The summed E-state index contributed by atoms with van der Waals surface area (Å²) in [6.07, 6.45) is 0. The van der Waals surface area contributed by atoms with E-state index in [0.717, 1.165) is 16.2 Å². The van der Waals surface area contributed by atoms with E-state index in [4.69, 9.17) is 14.2 Å². The minimum Gasteiger partial charge on any atom is -0.457 e. The first-order valence-corrected chi connectivity index (χ1v) is 6.66. The molecule has 4 nitrogen and oxygen atoms in total. The van der Waals surface area contributed by atoms with E-state index in [1.807, 2.05) is 31.2 Å². The SMILES string of the molecule is Cc1ccc(C(=O)OCc2ccc3c(c2)OCO3)s1. The molecule has 0 bridgehead atoms. The van der Waals surface area contributed by atoms with Crippen molar-refractivity contribution in [1.82, 2.24) is 0 Å². The second kappa shape index (κ2) is 4.93. The van der Waals surface area contributed by atoms with Gasteiger partial charge in [-0.15, -0.1) is 11.3 Å². The summed E-state index contributed by atoms with van der Waals surface area (Å²) in [5.74, 6) is 1.13. The summed E-state index contributed by atoms with van der Waals surface area (Å²) in [6, 6.07) is 9.19. The van der Waals surface area contributed by atoms with Gasteiger partial charge in [0.1, 0.15) is 11.5 Å². The number of thiophene rings is 1. The van der Waals surface area contributed by atoms with E-state index in [0.29, 0.717) is 10.6 Å². The zero-order chi connectivity index (χ0) is 13.2. The van der Waals surface area contributed by atoms with Gasteiger partial charge in [-0.3, -0.25) is 0 Å². The molecule has 1 aromatic heterocycles. The molecule has 0 radical (unpaired) electrons. The Kier molecular flexibility index (Phi) is 3.13. The molecule has 1 aliphatic heterocycles. The first-order chi connectivity index (χ1) is 9.22. The Morgan fingerprint density at radius 2 is 2.11 bits per heavy atom. The molecule has 2 aromatic rings. The van der Waals surface area contributed by atoms with E-state index in [-0.39, 0.29) is 19.4 Å². The third kappa shape index (κ3) is 2.56. The van der Waals surface area contributed by atoms with Crippen LogP contribution in [0.25, 0.3) is 0 Å². The quantitative estimate of drug-likeness (QED) is 0.808. The fourth-order valence-electron chi connectivity index (χ4n) is 1.79. The predicted molar refractivity (Wildman–Crippen MR) is 70.7 cm³/mol. The average Bonchev–Trinajstić information content (AvgIpc) is 3.03. The summed E-state index contributed by atoms with van der Waals surface area (Å²) in [6.45, 7) is 2.43. The van der Waals surface area contributed by atoms with E-state index in [2.05, 4.69) is 0 Å². The maximum atomic E-state index is 11.8. The van der Waals surface area contributed by atoms with Crippen molar-refractivity contribution in [2.75, 3.05) is 6.79 Å². The highest BCUT2D eigenvalue weighted by Gasteiger charge is 2.14. The van der Waals surface area contributed by atoms with E-state index in [9.17, 15) is 4.79 Å². The first kappa shape index (κ1) is 12.0. The maximum Gasteiger partial charge on any atom is 0.348 e. The van der Waals surface area contributed by atoms with Gasteiger partial charge in [-0.05, 0) is 36.8 Å². The van der Waals surface area contributed by atoms with Crippen LogP contribution in [0, 0.1) is 6.92 Å². The van der Waals surface area contributed by atoms with Gasteiger partial charge in [0.05, 0.1) is 0 Å². The Bertz CT molecular complexity index is 618. The van der Waals surface area contributed by atoms with Gasteiger partial charge in [-0.25, -0.2) is 4.79 Å². The van der Waals surface area contributed by atoms with E-state index in [1.165, 1.54) is 11.3 Å². The number of fused-ring (bicyclic) bond motifs is 1. The molecule has 0 saturated carbocycles.